The molecule has 17 heavy (non-hydrogen) atoms. The van der Waals surface area contributed by atoms with Crippen LogP contribution in [0.4, 0.5) is 0 Å². The van der Waals surface area contributed by atoms with E-state index in [9.17, 15) is 4.79 Å². The zero-order valence-corrected chi connectivity index (χ0v) is 10.7. The van der Waals surface area contributed by atoms with Gasteiger partial charge < -0.3 is 10.4 Å². The summed E-state index contributed by atoms with van der Waals surface area (Å²) >= 11 is 1.61. The molecular formula is C13H17NO2S. The number of carbonyl (C=O) groups excluding carboxylic acids is 1. The Hall–Kier alpha value is -1.00. The Morgan fingerprint density at radius 1 is 1.59 bits per heavy atom. The maximum absolute atomic E-state index is 12.0. The maximum Gasteiger partial charge on any atom is 0.234 e. The van der Waals surface area contributed by atoms with Crippen molar-refractivity contribution in [3.63, 3.8) is 0 Å². The number of carbonyl (C=O) groups is 1. The molecule has 2 atom stereocenters. The topological polar surface area (TPSA) is 49.3 Å². The van der Waals surface area contributed by atoms with Crippen LogP contribution in [0.1, 0.15) is 18.9 Å². The van der Waals surface area contributed by atoms with Gasteiger partial charge >= 0.3 is 0 Å². The van der Waals surface area contributed by atoms with E-state index in [0.29, 0.717) is 0 Å². The highest BCUT2D eigenvalue weighted by atomic mass is 32.2. The standard InChI is InChI=1S/C13H17NO2S/c1-2-10(8-15)14-13(16)12-7-9-5-3-4-6-11(9)17-12/h3-6,10,12,15H,2,7-8H2,1H3,(H,14,16)/t10-,12?/m1/s1. The van der Waals surface area contributed by atoms with Crippen LogP contribution in [0.25, 0.3) is 0 Å². The van der Waals surface area contributed by atoms with E-state index in [1.807, 2.05) is 19.1 Å². The van der Waals surface area contributed by atoms with Crippen molar-refractivity contribution in [1.82, 2.24) is 5.32 Å². The van der Waals surface area contributed by atoms with Crippen LogP contribution in [0, 0.1) is 0 Å². The number of aliphatic hydroxyl groups is 1. The van der Waals surface area contributed by atoms with E-state index in [2.05, 4.69) is 17.4 Å². The lowest BCUT2D eigenvalue weighted by atomic mass is 10.1. The average molecular weight is 251 g/mol. The molecule has 2 N–H and O–H groups in total. The van der Waals surface area contributed by atoms with Gasteiger partial charge in [0, 0.05) is 4.90 Å². The van der Waals surface area contributed by atoms with Gasteiger partial charge in [0.15, 0.2) is 0 Å². The van der Waals surface area contributed by atoms with Crippen LogP contribution in [0.2, 0.25) is 0 Å². The molecule has 1 heterocycles. The molecule has 1 aliphatic heterocycles. The number of aliphatic hydroxyl groups excluding tert-OH is 1. The number of nitrogens with one attached hydrogen (secondary N) is 1. The van der Waals surface area contributed by atoms with Gasteiger partial charge in [-0.3, -0.25) is 4.79 Å². The quantitative estimate of drug-likeness (QED) is 0.854. The van der Waals surface area contributed by atoms with Gasteiger partial charge in [0.25, 0.3) is 0 Å². The van der Waals surface area contributed by atoms with Crippen LogP contribution in [0.15, 0.2) is 29.2 Å². The summed E-state index contributed by atoms with van der Waals surface area (Å²) in [4.78, 5) is 13.2. The Kier molecular flexibility index (Phi) is 4.07. The molecule has 0 bridgehead atoms. The van der Waals surface area contributed by atoms with Crippen molar-refractivity contribution >= 4 is 17.7 Å². The molecule has 92 valence electrons. The Labute approximate surface area is 106 Å². The number of fused-ring (bicyclic) bond motifs is 1. The molecule has 0 saturated carbocycles. The van der Waals surface area contributed by atoms with Crippen molar-refractivity contribution in [1.29, 1.82) is 0 Å². The zero-order chi connectivity index (χ0) is 12.3. The Morgan fingerprint density at radius 2 is 2.35 bits per heavy atom. The van der Waals surface area contributed by atoms with E-state index in [4.69, 9.17) is 5.11 Å². The van der Waals surface area contributed by atoms with Crippen molar-refractivity contribution in [2.75, 3.05) is 6.61 Å². The first-order valence-electron chi connectivity index (χ1n) is 5.90. The summed E-state index contributed by atoms with van der Waals surface area (Å²) in [7, 11) is 0. The zero-order valence-electron chi connectivity index (χ0n) is 9.85. The molecule has 1 amide bonds. The summed E-state index contributed by atoms with van der Waals surface area (Å²) in [6.07, 6.45) is 1.54. The molecule has 1 unspecified atom stereocenters. The fourth-order valence-corrected chi connectivity index (χ4v) is 3.10. The molecule has 0 spiro atoms. The molecule has 4 heteroatoms. The van der Waals surface area contributed by atoms with Gasteiger partial charge in [-0.15, -0.1) is 11.8 Å². The third-order valence-electron chi connectivity index (χ3n) is 3.00. The van der Waals surface area contributed by atoms with Crippen molar-refractivity contribution in [2.45, 2.75) is 36.0 Å². The van der Waals surface area contributed by atoms with Crippen molar-refractivity contribution in [3.05, 3.63) is 29.8 Å². The molecule has 1 aromatic rings. The van der Waals surface area contributed by atoms with Crippen LogP contribution in [0.5, 0.6) is 0 Å². The second-order valence-corrected chi connectivity index (χ2v) is 5.46. The van der Waals surface area contributed by atoms with Crippen molar-refractivity contribution < 1.29 is 9.90 Å². The third-order valence-corrected chi connectivity index (χ3v) is 4.32. The fraction of sp³-hybridized carbons (Fsp3) is 0.462. The smallest absolute Gasteiger partial charge is 0.234 e. The van der Waals surface area contributed by atoms with E-state index in [-0.39, 0.29) is 23.8 Å². The molecule has 0 aliphatic carbocycles. The van der Waals surface area contributed by atoms with Crippen LogP contribution < -0.4 is 5.32 Å². The van der Waals surface area contributed by atoms with Gasteiger partial charge in [0.05, 0.1) is 17.9 Å². The van der Waals surface area contributed by atoms with Crippen LogP contribution in [-0.2, 0) is 11.2 Å². The highest BCUT2D eigenvalue weighted by Crippen LogP contribution is 2.36. The number of rotatable bonds is 4. The van der Waals surface area contributed by atoms with E-state index in [1.54, 1.807) is 11.8 Å². The van der Waals surface area contributed by atoms with E-state index >= 15 is 0 Å². The first-order chi connectivity index (χ1) is 8.24. The van der Waals surface area contributed by atoms with Gasteiger partial charge in [-0.25, -0.2) is 0 Å². The molecule has 1 aromatic carbocycles. The highest BCUT2D eigenvalue weighted by molar-refractivity contribution is 8.01. The van der Waals surface area contributed by atoms with Crippen LogP contribution in [-0.4, -0.2) is 28.9 Å². The highest BCUT2D eigenvalue weighted by Gasteiger charge is 2.28. The largest absolute Gasteiger partial charge is 0.394 e. The fourth-order valence-electron chi connectivity index (χ4n) is 1.90. The summed E-state index contributed by atoms with van der Waals surface area (Å²) in [6.45, 7) is 1.96. The first-order valence-corrected chi connectivity index (χ1v) is 6.78. The normalized spacial score (nSPS) is 19.8. The van der Waals surface area contributed by atoms with E-state index in [1.165, 1.54) is 10.5 Å². The summed E-state index contributed by atoms with van der Waals surface area (Å²) in [5.74, 6) is 0.0344. The van der Waals surface area contributed by atoms with Gasteiger partial charge in [-0.2, -0.15) is 0 Å². The average Bonchev–Trinajstić information content (AvgIpc) is 2.79. The Balaban J connectivity index is 1.96. The molecule has 0 radical (unpaired) electrons. The molecule has 0 fully saturated rings. The lowest BCUT2D eigenvalue weighted by Gasteiger charge is -2.16. The van der Waals surface area contributed by atoms with Crippen LogP contribution >= 0.6 is 11.8 Å². The van der Waals surface area contributed by atoms with Crippen molar-refractivity contribution in [3.8, 4) is 0 Å². The minimum absolute atomic E-state index is 0.00652. The molecule has 0 saturated heterocycles. The van der Waals surface area contributed by atoms with Gasteiger partial charge in [-0.1, -0.05) is 25.1 Å². The minimum Gasteiger partial charge on any atom is -0.394 e. The summed E-state index contributed by atoms with van der Waals surface area (Å²) in [5, 5.41) is 11.9. The van der Waals surface area contributed by atoms with Gasteiger partial charge in [0.2, 0.25) is 5.91 Å². The predicted octanol–water partition coefficient (Wildman–Crippen LogP) is 1.59. The predicted molar refractivity (Wildman–Crippen MR) is 69.1 cm³/mol. The molecule has 0 aromatic heterocycles. The van der Waals surface area contributed by atoms with Gasteiger partial charge in [0.1, 0.15) is 0 Å². The van der Waals surface area contributed by atoms with E-state index in [0.717, 1.165) is 12.8 Å². The first kappa shape index (κ1) is 12.5. The second-order valence-electron chi connectivity index (χ2n) is 4.21. The Bertz CT molecular complexity index is 379. The SMILES string of the molecule is CC[C@H](CO)NC(=O)C1Cc2ccccc2S1. The number of benzene rings is 1. The molecule has 3 nitrogen and oxygen atoms in total. The molecule has 2 rings (SSSR count). The lowest BCUT2D eigenvalue weighted by Crippen LogP contribution is -2.41. The number of amides is 1. The lowest BCUT2D eigenvalue weighted by molar-refractivity contribution is -0.121. The van der Waals surface area contributed by atoms with Crippen molar-refractivity contribution in [2.24, 2.45) is 0 Å². The number of hydrogen-bond donors (Lipinski definition) is 2. The maximum atomic E-state index is 12.0. The third kappa shape index (κ3) is 2.82. The number of hydrogen-bond acceptors (Lipinski definition) is 3. The Morgan fingerprint density at radius 3 is 3.00 bits per heavy atom. The summed E-state index contributed by atoms with van der Waals surface area (Å²) in [6, 6.07) is 8.00. The van der Waals surface area contributed by atoms with Gasteiger partial charge in [-0.05, 0) is 24.5 Å². The second kappa shape index (κ2) is 5.56. The number of thioether (sulfide) groups is 1. The monoisotopic (exact) mass is 251 g/mol. The summed E-state index contributed by atoms with van der Waals surface area (Å²) in [5.41, 5.74) is 1.25. The molecular weight excluding hydrogens is 234 g/mol. The summed E-state index contributed by atoms with van der Waals surface area (Å²) < 4.78 is 0. The minimum atomic E-state index is -0.119. The van der Waals surface area contributed by atoms with Crippen LogP contribution in [0.3, 0.4) is 0 Å². The van der Waals surface area contributed by atoms with E-state index < -0.39 is 0 Å². The molecule has 1 aliphatic rings.